The first-order valence-electron chi connectivity index (χ1n) is 10.6. The van der Waals surface area contributed by atoms with Gasteiger partial charge in [-0.3, -0.25) is 0 Å². The van der Waals surface area contributed by atoms with Crippen LogP contribution in [0.1, 0.15) is 46.5 Å². The molecular formula is C23H29F3N4. The van der Waals surface area contributed by atoms with Crippen LogP contribution in [0.3, 0.4) is 0 Å². The molecule has 2 N–H and O–H groups in total. The van der Waals surface area contributed by atoms with Crippen molar-refractivity contribution in [1.29, 1.82) is 0 Å². The smallest absolute Gasteiger partial charge is 0.168 e. The van der Waals surface area contributed by atoms with Crippen LogP contribution in [0.25, 0.3) is 11.3 Å². The van der Waals surface area contributed by atoms with E-state index in [1.54, 1.807) is 12.1 Å². The van der Waals surface area contributed by atoms with Crippen molar-refractivity contribution in [2.45, 2.75) is 58.5 Å². The number of rotatable bonds is 4. The zero-order valence-electron chi connectivity index (χ0n) is 17.7. The highest BCUT2D eigenvalue weighted by Crippen LogP contribution is 2.45. The molecule has 1 aromatic carbocycles. The third kappa shape index (κ3) is 4.17. The summed E-state index contributed by atoms with van der Waals surface area (Å²) in [5.41, 5.74) is 6.36. The Morgan fingerprint density at radius 2 is 1.87 bits per heavy atom. The topological polar surface area (TPSA) is 55.0 Å². The van der Waals surface area contributed by atoms with E-state index in [0.717, 1.165) is 44.1 Å². The summed E-state index contributed by atoms with van der Waals surface area (Å²) >= 11 is 0. The molecule has 2 aliphatic rings. The molecule has 4 atom stereocenters. The van der Waals surface area contributed by atoms with Gasteiger partial charge in [-0.25, -0.2) is 13.2 Å². The van der Waals surface area contributed by atoms with Crippen LogP contribution in [-0.2, 0) is 0 Å². The first-order valence-corrected chi connectivity index (χ1v) is 10.6. The summed E-state index contributed by atoms with van der Waals surface area (Å²) in [7, 11) is 0. The van der Waals surface area contributed by atoms with E-state index in [-0.39, 0.29) is 22.7 Å². The van der Waals surface area contributed by atoms with Gasteiger partial charge in [-0.15, -0.1) is 10.2 Å². The number of nitrogens with two attached hydrogens (primary N) is 1. The van der Waals surface area contributed by atoms with Crippen LogP contribution in [0, 0.1) is 34.7 Å². The van der Waals surface area contributed by atoms with Crippen molar-refractivity contribution in [2.75, 3.05) is 11.4 Å². The van der Waals surface area contributed by atoms with Crippen LogP contribution in [0.15, 0.2) is 24.3 Å². The van der Waals surface area contributed by atoms with Crippen molar-refractivity contribution in [3.8, 4) is 11.3 Å². The fourth-order valence-electron chi connectivity index (χ4n) is 5.08. The van der Waals surface area contributed by atoms with Gasteiger partial charge in [0, 0.05) is 30.3 Å². The first-order chi connectivity index (χ1) is 14.1. The Hall–Kier alpha value is -2.15. The van der Waals surface area contributed by atoms with Gasteiger partial charge in [0.2, 0.25) is 0 Å². The van der Waals surface area contributed by atoms with Crippen molar-refractivity contribution < 1.29 is 13.2 Å². The van der Waals surface area contributed by atoms with E-state index in [0.29, 0.717) is 23.9 Å². The van der Waals surface area contributed by atoms with Gasteiger partial charge in [-0.2, -0.15) is 0 Å². The van der Waals surface area contributed by atoms with Crippen molar-refractivity contribution in [3.05, 3.63) is 41.7 Å². The zero-order valence-corrected chi connectivity index (χ0v) is 17.7. The Balaban J connectivity index is 1.59. The SMILES string of the molecule is CC(C)(C)CC[C@H]1[C@H]2C[C@@H](N)C[C@@H]2CN1c1ccc(-c2cc(F)cc(F)c2F)nn1. The van der Waals surface area contributed by atoms with Crippen LogP contribution in [-0.4, -0.2) is 28.8 Å². The maximum Gasteiger partial charge on any atom is 0.168 e. The largest absolute Gasteiger partial charge is 0.352 e. The first kappa shape index (κ1) is 21.1. The molecule has 2 fully saturated rings. The lowest BCUT2D eigenvalue weighted by Gasteiger charge is -2.31. The third-order valence-corrected chi connectivity index (χ3v) is 6.52. The molecule has 0 spiro atoms. The van der Waals surface area contributed by atoms with Gasteiger partial charge in [-0.05, 0) is 61.1 Å². The van der Waals surface area contributed by atoms with Crippen LogP contribution in [0.4, 0.5) is 19.0 Å². The quantitative estimate of drug-likeness (QED) is 0.716. The van der Waals surface area contributed by atoms with Gasteiger partial charge in [0.15, 0.2) is 17.5 Å². The van der Waals surface area contributed by atoms with Crippen molar-refractivity contribution in [2.24, 2.45) is 23.0 Å². The zero-order chi connectivity index (χ0) is 21.6. The van der Waals surface area contributed by atoms with Crippen LogP contribution < -0.4 is 10.6 Å². The number of aromatic nitrogens is 2. The summed E-state index contributed by atoms with van der Waals surface area (Å²) in [6.45, 7) is 7.60. The summed E-state index contributed by atoms with van der Waals surface area (Å²) in [5.74, 6) is -1.40. The highest BCUT2D eigenvalue weighted by Gasteiger charge is 2.47. The summed E-state index contributed by atoms with van der Waals surface area (Å²) in [6, 6.07) is 5.42. The molecule has 30 heavy (non-hydrogen) atoms. The van der Waals surface area contributed by atoms with E-state index >= 15 is 0 Å². The molecule has 2 aromatic rings. The van der Waals surface area contributed by atoms with Crippen molar-refractivity contribution in [1.82, 2.24) is 10.2 Å². The van der Waals surface area contributed by atoms with Crippen molar-refractivity contribution >= 4 is 5.82 Å². The Morgan fingerprint density at radius 3 is 2.53 bits per heavy atom. The molecule has 7 heteroatoms. The summed E-state index contributed by atoms with van der Waals surface area (Å²) in [5, 5.41) is 8.41. The average molecular weight is 419 g/mol. The molecule has 4 rings (SSSR count). The molecule has 162 valence electrons. The fraction of sp³-hybridized carbons (Fsp3) is 0.565. The van der Waals surface area contributed by atoms with E-state index < -0.39 is 17.5 Å². The van der Waals surface area contributed by atoms with E-state index in [9.17, 15) is 13.2 Å². The molecule has 4 nitrogen and oxygen atoms in total. The molecule has 1 aromatic heterocycles. The van der Waals surface area contributed by atoms with E-state index in [1.165, 1.54) is 0 Å². The van der Waals surface area contributed by atoms with Gasteiger partial charge >= 0.3 is 0 Å². The summed E-state index contributed by atoms with van der Waals surface area (Å²) < 4.78 is 41.2. The Kier molecular flexibility index (Phi) is 5.51. The minimum Gasteiger partial charge on any atom is -0.352 e. The van der Waals surface area contributed by atoms with Gasteiger partial charge in [-0.1, -0.05) is 20.8 Å². The minimum absolute atomic E-state index is 0.113. The third-order valence-electron chi connectivity index (χ3n) is 6.52. The number of nitrogens with zero attached hydrogens (tertiary/aromatic N) is 3. The van der Waals surface area contributed by atoms with Gasteiger partial charge in [0.05, 0.1) is 5.69 Å². The molecule has 0 radical (unpaired) electrons. The minimum atomic E-state index is -1.23. The highest BCUT2D eigenvalue weighted by molar-refractivity contribution is 5.61. The maximum absolute atomic E-state index is 14.1. The lowest BCUT2D eigenvalue weighted by atomic mass is 9.84. The summed E-state index contributed by atoms with van der Waals surface area (Å²) in [4.78, 5) is 2.30. The Labute approximate surface area is 175 Å². The Bertz CT molecular complexity index is 910. The van der Waals surface area contributed by atoms with E-state index in [1.807, 2.05) is 0 Å². The number of benzene rings is 1. The molecule has 0 amide bonds. The number of fused-ring (bicyclic) bond motifs is 1. The van der Waals surface area contributed by atoms with Crippen molar-refractivity contribution in [3.63, 3.8) is 0 Å². The van der Waals surface area contributed by atoms with E-state index in [4.69, 9.17) is 5.73 Å². The number of hydrogen-bond acceptors (Lipinski definition) is 4. The molecule has 1 saturated heterocycles. The molecule has 0 bridgehead atoms. The second-order valence-electron chi connectivity index (χ2n) is 10.0. The van der Waals surface area contributed by atoms with Crippen LogP contribution in [0.2, 0.25) is 0 Å². The molecule has 2 heterocycles. The molecule has 1 saturated carbocycles. The number of anilines is 1. The van der Waals surface area contributed by atoms with Crippen LogP contribution in [0.5, 0.6) is 0 Å². The molecule has 1 aliphatic heterocycles. The molecular weight excluding hydrogens is 389 g/mol. The predicted molar refractivity (Wildman–Crippen MR) is 111 cm³/mol. The fourth-order valence-corrected chi connectivity index (χ4v) is 5.08. The van der Waals surface area contributed by atoms with Gasteiger partial charge in [0.1, 0.15) is 5.82 Å². The second-order valence-corrected chi connectivity index (χ2v) is 10.0. The highest BCUT2D eigenvalue weighted by atomic mass is 19.2. The maximum atomic E-state index is 14.1. The lowest BCUT2D eigenvalue weighted by Crippen LogP contribution is -2.36. The predicted octanol–water partition coefficient (Wildman–Crippen LogP) is 4.93. The van der Waals surface area contributed by atoms with Gasteiger partial charge in [0.25, 0.3) is 0 Å². The second kappa shape index (κ2) is 7.84. The monoisotopic (exact) mass is 418 g/mol. The average Bonchev–Trinajstić information content (AvgIpc) is 3.18. The van der Waals surface area contributed by atoms with Crippen LogP contribution >= 0.6 is 0 Å². The molecule has 0 unspecified atom stereocenters. The number of hydrogen-bond donors (Lipinski definition) is 1. The van der Waals surface area contributed by atoms with E-state index in [2.05, 4.69) is 35.9 Å². The normalized spacial score (nSPS) is 26.3. The summed E-state index contributed by atoms with van der Waals surface area (Å²) in [6.07, 6.45) is 4.18. The number of halogens is 3. The lowest BCUT2D eigenvalue weighted by molar-refractivity contribution is 0.314. The standard InChI is InChI=1S/C23H29F3N4/c1-23(2,3)7-6-20-16-11-15(27)8-13(16)12-30(20)21-5-4-19(28-29-21)17-9-14(24)10-18(25)22(17)26/h4-5,9-10,13,15-16,20H,6-8,11-12,27H2,1-3H3/t13-,15+,16+,20+/m1/s1. The molecule has 1 aliphatic carbocycles. The Morgan fingerprint density at radius 1 is 1.10 bits per heavy atom. The van der Waals surface area contributed by atoms with Gasteiger partial charge < -0.3 is 10.6 Å².